The molecular formula is C26H38N4O2. The first-order valence-electron chi connectivity index (χ1n) is 13.1. The van der Waals surface area contributed by atoms with Gasteiger partial charge in [0.15, 0.2) is 11.6 Å². The van der Waals surface area contributed by atoms with E-state index >= 15 is 0 Å². The van der Waals surface area contributed by atoms with Gasteiger partial charge in [-0.2, -0.15) is 0 Å². The lowest BCUT2D eigenvalue weighted by Gasteiger charge is -2.40. The van der Waals surface area contributed by atoms with E-state index in [1.54, 1.807) is 12.4 Å². The highest BCUT2D eigenvalue weighted by atomic mass is 16.2. The number of aromatic nitrogens is 2. The summed E-state index contributed by atoms with van der Waals surface area (Å²) in [5.74, 6) is 3.68. The molecule has 2 amide bonds. The molecule has 6 heteroatoms. The van der Waals surface area contributed by atoms with Crippen LogP contribution in [0.2, 0.25) is 0 Å². The summed E-state index contributed by atoms with van der Waals surface area (Å²) in [4.78, 5) is 35.0. The third-order valence-electron chi connectivity index (χ3n) is 8.96. The largest absolute Gasteiger partial charge is 0.309 e. The normalized spacial score (nSPS) is 34.6. The van der Waals surface area contributed by atoms with E-state index in [2.05, 4.69) is 20.6 Å². The Morgan fingerprint density at radius 2 is 1.06 bits per heavy atom. The van der Waals surface area contributed by atoms with Gasteiger partial charge in [-0.3, -0.25) is 14.6 Å². The molecule has 0 spiro atoms. The van der Waals surface area contributed by atoms with Gasteiger partial charge in [0.2, 0.25) is 11.8 Å². The highest BCUT2D eigenvalue weighted by Crippen LogP contribution is 2.45. The number of amides is 2. The molecule has 0 radical (unpaired) electrons. The van der Waals surface area contributed by atoms with Gasteiger partial charge in [0, 0.05) is 11.8 Å². The van der Waals surface area contributed by atoms with E-state index in [0.29, 0.717) is 35.3 Å². The van der Waals surface area contributed by atoms with Crippen LogP contribution in [0.4, 0.5) is 11.6 Å². The van der Waals surface area contributed by atoms with Crippen molar-refractivity contribution in [1.29, 1.82) is 0 Å². The molecule has 0 bridgehead atoms. The minimum absolute atomic E-state index is 0.0803. The van der Waals surface area contributed by atoms with E-state index < -0.39 is 0 Å². The van der Waals surface area contributed by atoms with E-state index in [-0.39, 0.29) is 23.7 Å². The van der Waals surface area contributed by atoms with Crippen LogP contribution in [0, 0.1) is 35.5 Å². The second kappa shape index (κ2) is 9.88. The van der Waals surface area contributed by atoms with Crippen molar-refractivity contribution in [2.24, 2.45) is 35.5 Å². The van der Waals surface area contributed by atoms with Crippen LogP contribution in [0.15, 0.2) is 12.4 Å². The van der Waals surface area contributed by atoms with Crippen molar-refractivity contribution in [2.75, 3.05) is 10.6 Å². The highest BCUT2D eigenvalue weighted by Gasteiger charge is 2.39. The Hall–Kier alpha value is -1.98. The molecule has 4 fully saturated rings. The van der Waals surface area contributed by atoms with Gasteiger partial charge in [0.1, 0.15) is 0 Å². The molecule has 2 N–H and O–H groups in total. The SMILES string of the molecule is O=C(Nc1cncc(NC(=O)C2CCCC3CCCCC32)n1)C1CCCC2CCCCC21. The smallest absolute Gasteiger partial charge is 0.228 e. The number of nitrogens with one attached hydrogen (secondary N) is 2. The van der Waals surface area contributed by atoms with E-state index in [1.807, 2.05) is 0 Å². The minimum Gasteiger partial charge on any atom is -0.309 e. The molecular weight excluding hydrogens is 400 g/mol. The standard InChI is InChI=1S/C26H38N4O2/c31-25(21-13-5-9-17-7-1-3-11-19(17)21)29-23-15-27-16-24(28-23)30-26(32)22-14-6-10-18-8-2-4-12-20(18)22/h15-22H,1-14H2,(H2,28,29,30,31,32). The second-order valence-electron chi connectivity index (χ2n) is 10.8. The van der Waals surface area contributed by atoms with Crippen molar-refractivity contribution in [3.63, 3.8) is 0 Å². The molecule has 6 nitrogen and oxygen atoms in total. The predicted octanol–water partition coefficient (Wildman–Crippen LogP) is 5.57. The van der Waals surface area contributed by atoms with E-state index in [1.165, 1.54) is 64.2 Å². The van der Waals surface area contributed by atoms with Gasteiger partial charge in [-0.1, -0.05) is 64.2 Å². The van der Waals surface area contributed by atoms with E-state index in [0.717, 1.165) is 25.7 Å². The Bertz CT molecular complexity index is 761. The van der Waals surface area contributed by atoms with Crippen LogP contribution in [-0.2, 0) is 9.59 Å². The summed E-state index contributed by atoms with van der Waals surface area (Å²) in [6, 6.07) is 0. The van der Waals surface area contributed by atoms with Gasteiger partial charge in [-0.25, -0.2) is 4.98 Å². The van der Waals surface area contributed by atoms with Crippen LogP contribution in [-0.4, -0.2) is 21.8 Å². The zero-order valence-electron chi connectivity index (χ0n) is 19.2. The van der Waals surface area contributed by atoms with Gasteiger partial charge in [-0.15, -0.1) is 0 Å². The highest BCUT2D eigenvalue weighted by molar-refractivity contribution is 5.93. The summed E-state index contributed by atoms with van der Waals surface area (Å²) in [5.41, 5.74) is 0. The summed E-state index contributed by atoms with van der Waals surface area (Å²) in [6.45, 7) is 0. The molecule has 5 rings (SSSR count). The van der Waals surface area contributed by atoms with Crippen LogP contribution >= 0.6 is 0 Å². The number of anilines is 2. The summed E-state index contributed by atoms with van der Waals surface area (Å²) in [7, 11) is 0. The fourth-order valence-electron chi connectivity index (χ4n) is 7.45. The number of carbonyl (C=O) groups is 2. The molecule has 1 aromatic rings. The van der Waals surface area contributed by atoms with E-state index in [9.17, 15) is 9.59 Å². The van der Waals surface area contributed by atoms with Gasteiger partial charge in [-0.05, 0) is 49.4 Å². The number of rotatable bonds is 4. The summed E-state index contributed by atoms with van der Waals surface area (Å²) in [5, 5.41) is 6.04. The van der Waals surface area contributed by atoms with Crippen molar-refractivity contribution < 1.29 is 9.59 Å². The zero-order valence-corrected chi connectivity index (χ0v) is 19.2. The number of hydrogen-bond donors (Lipinski definition) is 2. The monoisotopic (exact) mass is 438 g/mol. The van der Waals surface area contributed by atoms with Crippen LogP contribution in [0.25, 0.3) is 0 Å². The molecule has 1 heterocycles. The van der Waals surface area contributed by atoms with Crippen LogP contribution in [0.1, 0.15) is 89.9 Å². The van der Waals surface area contributed by atoms with Gasteiger partial charge in [0.05, 0.1) is 12.4 Å². The number of hydrogen-bond acceptors (Lipinski definition) is 4. The molecule has 0 aromatic carbocycles. The third-order valence-corrected chi connectivity index (χ3v) is 8.96. The molecule has 4 aliphatic carbocycles. The van der Waals surface area contributed by atoms with Gasteiger partial charge < -0.3 is 10.6 Å². The average Bonchev–Trinajstić information content (AvgIpc) is 2.83. The predicted molar refractivity (Wildman–Crippen MR) is 125 cm³/mol. The number of nitrogens with zero attached hydrogens (tertiary/aromatic N) is 2. The molecule has 1 aromatic heterocycles. The first-order chi connectivity index (χ1) is 15.7. The molecule has 4 aliphatic rings. The Labute approximate surface area is 191 Å². The maximum atomic E-state index is 13.1. The molecule has 32 heavy (non-hydrogen) atoms. The Morgan fingerprint density at radius 3 is 1.56 bits per heavy atom. The second-order valence-corrected chi connectivity index (χ2v) is 10.8. The molecule has 6 unspecified atom stereocenters. The van der Waals surface area contributed by atoms with Crippen molar-refractivity contribution in [3.05, 3.63) is 12.4 Å². The van der Waals surface area contributed by atoms with Crippen LogP contribution in [0.5, 0.6) is 0 Å². The van der Waals surface area contributed by atoms with Crippen molar-refractivity contribution in [3.8, 4) is 0 Å². The Kier molecular flexibility index (Phi) is 6.74. The molecule has 6 atom stereocenters. The fraction of sp³-hybridized carbons (Fsp3) is 0.769. The quantitative estimate of drug-likeness (QED) is 0.644. The lowest BCUT2D eigenvalue weighted by Crippen LogP contribution is -2.38. The average molecular weight is 439 g/mol. The molecule has 4 saturated carbocycles. The molecule has 0 aliphatic heterocycles. The van der Waals surface area contributed by atoms with Crippen molar-refractivity contribution in [1.82, 2.24) is 9.97 Å². The molecule has 174 valence electrons. The molecule has 0 saturated heterocycles. The maximum Gasteiger partial charge on any atom is 0.228 e. The summed E-state index contributed by atoms with van der Waals surface area (Å²) in [6.07, 6.45) is 20.0. The maximum absolute atomic E-state index is 13.1. The summed E-state index contributed by atoms with van der Waals surface area (Å²) < 4.78 is 0. The van der Waals surface area contributed by atoms with Gasteiger partial charge >= 0.3 is 0 Å². The summed E-state index contributed by atoms with van der Waals surface area (Å²) >= 11 is 0. The minimum atomic E-state index is 0.0803. The zero-order chi connectivity index (χ0) is 21.9. The topological polar surface area (TPSA) is 84.0 Å². The fourth-order valence-corrected chi connectivity index (χ4v) is 7.45. The Morgan fingerprint density at radius 1 is 0.625 bits per heavy atom. The lowest BCUT2D eigenvalue weighted by atomic mass is 9.65. The number of carbonyl (C=O) groups excluding carboxylic acids is 2. The van der Waals surface area contributed by atoms with Crippen molar-refractivity contribution >= 4 is 23.5 Å². The van der Waals surface area contributed by atoms with Crippen LogP contribution in [0.3, 0.4) is 0 Å². The Balaban J connectivity index is 1.21. The first-order valence-corrected chi connectivity index (χ1v) is 13.1. The lowest BCUT2D eigenvalue weighted by molar-refractivity contribution is -0.125. The first kappa shape index (κ1) is 21.8. The number of fused-ring (bicyclic) bond motifs is 2. The third kappa shape index (κ3) is 4.69. The van der Waals surface area contributed by atoms with Crippen LogP contribution < -0.4 is 10.6 Å². The van der Waals surface area contributed by atoms with Gasteiger partial charge in [0.25, 0.3) is 0 Å². The van der Waals surface area contributed by atoms with Crippen molar-refractivity contribution in [2.45, 2.75) is 89.9 Å². The van der Waals surface area contributed by atoms with E-state index in [4.69, 9.17) is 0 Å².